The standard InChI is InChI=1S/C30H36N4O4/c1-19-7-6-12-33-24(20(2)31-28(19)33)26(35)23-25(21-8-10-22(11-9-21)30(3,4)5)34(29(37)27(23)36)14-13-32-15-17-38-18-16-32/h6-12,25,35H,13-18H2,1-5H3. The highest BCUT2D eigenvalue weighted by Gasteiger charge is 2.45. The van der Waals surface area contributed by atoms with E-state index in [0.29, 0.717) is 43.3 Å². The lowest BCUT2D eigenvalue weighted by molar-refractivity contribution is -0.907. The summed E-state index contributed by atoms with van der Waals surface area (Å²) < 4.78 is 7.20. The Kier molecular flexibility index (Phi) is 6.88. The number of ether oxygens (including phenoxy) is 1. The Hall–Kier alpha value is -3.49. The molecule has 8 heteroatoms. The number of quaternary nitrogens is 1. The van der Waals surface area contributed by atoms with Crippen molar-refractivity contribution >= 4 is 23.1 Å². The van der Waals surface area contributed by atoms with E-state index < -0.39 is 23.5 Å². The van der Waals surface area contributed by atoms with E-state index in [1.807, 2.05) is 43.3 Å². The number of morpholine rings is 1. The molecule has 0 aliphatic carbocycles. The molecule has 200 valence electrons. The number of rotatable bonds is 5. The Labute approximate surface area is 223 Å². The second kappa shape index (κ2) is 10.0. The molecule has 3 aromatic rings. The van der Waals surface area contributed by atoms with Gasteiger partial charge in [-0.05, 0) is 42.0 Å². The summed E-state index contributed by atoms with van der Waals surface area (Å²) in [7, 11) is 0. The summed E-state index contributed by atoms with van der Waals surface area (Å²) in [6.45, 7) is 14.3. The number of hydrogen-bond acceptors (Lipinski definition) is 5. The summed E-state index contributed by atoms with van der Waals surface area (Å²) in [5.41, 5.74) is 4.33. The lowest BCUT2D eigenvalue weighted by Gasteiger charge is -2.30. The maximum Gasteiger partial charge on any atom is 0.295 e. The van der Waals surface area contributed by atoms with E-state index in [4.69, 9.17) is 4.74 Å². The van der Waals surface area contributed by atoms with Crippen molar-refractivity contribution in [1.82, 2.24) is 14.3 Å². The van der Waals surface area contributed by atoms with Crippen molar-refractivity contribution in [2.45, 2.75) is 46.1 Å². The first kappa shape index (κ1) is 26.1. The van der Waals surface area contributed by atoms with E-state index in [-0.39, 0.29) is 11.0 Å². The van der Waals surface area contributed by atoms with Crippen LogP contribution in [0.2, 0.25) is 0 Å². The molecule has 38 heavy (non-hydrogen) atoms. The van der Waals surface area contributed by atoms with Crippen molar-refractivity contribution in [3.05, 3.63) is 76.2 Å². The fourth-order valence-electron chi connectivity index (χ4n) is 5.52. The Bertz CT molecular complexity index is 1410. The lowest BCUT2D eigenvalue weighted by Crippen LogP contribution is -3.14. The second-order valence-corrected chi connectivity index (χ2v) is 11.4. The fourth-order valence-corrected chi connectivity index (χ4v) is 5.52. The molecule has 0 saturated carbocycles. The van der Waals surface area contributed by atoms with Gasteiger partial charge in [0.1, 0.15) is 18.7 Å². The monoisotopic (exact) mass is 516 g/mol. The van der Waals surface area contributed by atoms with Crippen molar-refractivity contribution in [1.29, 1.82) is 0 Å². The Balaban J connectivity index is 1.62. The number of pyridine rings is 1. The summed E-state index contributed by atoms with van der Waals surface area (Å²) in [4.78, 5) is 34.5. The maximum atomic E-state index is 14.2. The van der Waals surface area contributed by atoms with Gasteiger partial charge >= 0.3 is 0 Å². The van der Waals surface area contributed by atoms with Crippen LogP contribution in [0.5, 0.6) is 0 Å². The first-order valence-electron chi connectivity index (χ1n) is 13.3. The number of aromatic nitrogens is 2. The number of ketones is 1. The quantitative estimate of drug-likeness (QED) is 0.314. The summed E-state index contributed by atoms with van der Waals surface area (Å²) in [5.74, 6) is -1.78. The summed E-state index contributed by atoms with van der Waals surface area (Å²) >= 11 is 0. The minimum absolute atomic E-state index is 0.00175. The van der Waals surface area contributed by atoms with E-state index in [9.17, 15) is 14.7 Å². The van der Waals surface area contributed by atoms with Gasteiger partial charge in [-0.2, -0.15) is 0 Å². The molecular formula is C30H36N4O4. The summed E-state index contributed by atoms with van der Waals surface area (Å²) in [6.07, 6.45) is 1.78. The number of likely N-dealkylation sites (tertiary alicyclic amines) is 1. The third-order valence-electron chi connectivity index (χ3n) is 7.76. The van der Waals surface area contributed by atoms with Gasteiger partial charge in [-0.15, -0.1) is 0 Å². The fraction of sp³-hybridized carbons (Fsp3) is 0.433. The number of carbonyl (C=O) groups is 2. The van der Waals surface area contributed by atoms with Crippen molar-refractivity contribution in [2.75, 3.05) is 39.4 Å². The Morgan fingerprint density at radius 3 is 2.45 bits per heavy atom. The van der Waals surface area contributed by atoms with Crippen LogP contribution in [0.15, 0.2) is 48.2 Å². The van der Waals surface area contributed by atoms with Gasteiger partial charge in [0.05, 0.1) is 43.7 Å². The summed E-state index contributed by atoms with van der Waals surface area (Å²) in [5, 5.41) is 14.2. The second-order valence-electron chi connectivity index (χ2n) is 11.4. The molecule has 2 aliphatic rings. The Morgan fingerprint density at radius 1 is 1.11 bits per heavy atom. The molecule has 0 spiro atoms. The number of benzene rings is 1. The van der Waals surface area contributed by atoms with Crippen LogP contribution < -0.4 is 10.0 Å². The Morgan fingerprint density at radius 2 is 1.79 bits per heavy atom. The van der Waals surface area contributed by atoms with E-state index in [1.54, 1.807) is 22.4 Å². The molecule has 5 rings (SSSR count). The van der Waals surface area contributed by atoms with Crippen molar-refractivity contribution in [3.8, 4) is 0 Å². The van der Waals surface area contributed by atoms with Crippen LogP contribution in [0.3, 0.4) is 0 Å². The molecule has 1 N–H and O–H groups in total. The van der Waals surface area contributed by atoms with Gasteiger partial charge < -0.3 is 24.0 Å². The molecule has 8 nitrogen and oxygen atoms in total. The number of fused-ring (bicyclic) bond motifs is 1. The first-order valence-corrected chi connectivity index (χ1v) is 13.3. The van der Waals surface area contributed by atoms with Crippen LogP contribution in [-0.4, -0.2) is 65.4 Å². The molecule has 0 radical (unpaired) electrons. The molecule has 2 fully saturated rings. The molecular weight excluding hydrogens is 480 g/mol. The molecule has 2 aliphatic heterocycles. The SMILES string of the molecule is Cc1nc2c(C)cccn2c1C([O-])=C1C(=O)C(=O)N(CC[NH+]2CCOCC2)C1c1ccc(C(C)(C)C)cc1. The first-order chi connectivity index (χ1) is 18.1. The van der Waals surface area contributed by atoms with E-state index in [1.165, 1.54) is 4.90 Å². The average Bonchev–Trinajstić information content (AvgIpc) is 3.36. The summed E-state index contributed by atoms with van der Waals surface area (Å²) in [6, 6.07) is 11.0. The number of nitrogens with zero attached hydrogens (tertiary/aromatic N) is 3. The van der Waals surface area contributed by atoms with Crippen LogP contribution in [-0.2, 0) is 19.7 Å². The van der Waals surface area contributed by atoms with Gasteiger partial charge in [-0.3, -0.25) is 9.59 Å². The average molecular weight is 517 g/mol. The number of Topliss-reactive ketones (excluding diaryl/α,β-unsaturated/α-hetero) is 1. The highest BCUT2D eigenvalue weighted by atomic mass is 16.5. The van der Waals surface area contributed by atoms with E-state index >= 15 is 0 Å². The zero-order valence-corrected chi connectivity index (χ0v) is 22.8. The molecule has 1 aromatic carbocycles. The minimum atomic E-state index is -0.744. The van der Waals surface area contributed by atoms with Gasteiger partial charge in [0.2, 0.25) is 5.78 Å². The van der Waals surface area contributed by atoms with Crippen LogP contribution in [0.1, 0.15) is 54.9 Å². The van der Waals surface area contributed by atoms with Gasteiger partial charge in [0.25, 0.3) is 5.91 Å². The van der Waals surface area contributed by atoms with Gasteiger partial charge in [-0.1, -0.05) is 56.9 Å². The van der Waals surface area contributed by atoms with Gasteiger partial charge in [-0.25, -0.2) is 4.98 Å². The molecule has 0 bridgehead atoms. The molecule has 4 heterocycles. The number of hydrogen-bond donors (Lipinski definition) is 1. The van der Waals surface area contributed by atoms with Crippen LogP contribution in [0, 0.1) is 13.8 Å². The van der Waals surface area contributed by atoms with Crippen molar-refractivity contribution in [2.24, 2.45) is 0 Å². The predicted molar refractivity (Wildman–Crippen MR) is 143 cm³/mol. The van der Waals surface area contributed by atoms with Crippen LogP contribution in [0.4, 0.5) is 0 Å². The van der Waals surface area contributed by atoms with Crippen molar-refractivity contribution in [3.63, 3.8) is 0 Å². The van der Waals surface area contributed by atoms with Gasteiger partial charge in [0, 0.05) is 11.8 Å². The third-order valence-corrected chi connectivity index (χ3v) is 7.76. The molecule has 1 unspecified atom stereocenters. The minimum Gasteiger partial charge on any atom is -0.871 e. The van der Waals surface area contributed by atoms with E-state index in [2.05, 4.69) is 25.8 Å². The zero-order chi connectivity index (χ0) is 27.2. The number of carbonyl (C=O) groups excluding carboxylic acids is 2. The number of imidazole rings is 1. The van der Waals surface area contributed by atoms with Crippen LogP contribution in [0.25, 0.3) is 11.4 Å². The number of aryl methyl sites for hydroxylation is 2. The van der Waals surface area contributed by atoms with E-state index in [0.717, 1.165) is 29.8 Å². The molecule has 1 atom stereocenters. The number of nitrogens with one attached hydrogen (secondary N) is 1. The number of amides is 1. The zero-order valence-electron chi connectivity index (χ0n) is 22.8. The molecule has 1 amide bonds. The maximum absolute atomic E-state index is 14.2. The largest absolute Gasteiger partial charge is 0.871 e. The van der Waals surface area contributed by atoms with Gasteiger partial charge in [0.15, 0.2) is 0 Å². The highest BCUT2D eigenvalue weighted by Crippen LogP contribution is 2.39. The normalized spacial score (nSPS) is 20.6. The van der Waals surface area contributed by atoms with Crippen LogP contribution >= 0.6 is 0 Å². The highest BCUT2D eigenvalue weighted by molar-refractivity contribution is 6.46. The van der Waals surface area contributed by atoms with Crippen molar-refractivity contribution < 1.29 is 24.3 Å². The molecule has 2 aromatic heterocycles. The smallest absolute Gasteiger partial charge is 0.295 e. The topological polar surface area (TPSA) is 91.4 Å². The predicted octanol–water partition coefficient (Wildman–Crippen LogP) is 1.39. The molecule has 2 saturated heterocycles. The lowest BCUT2D eigenvalue weighted by atomic mass is 9.85. The third kappa shape index (κ3) is 4.63.